The predicted octanol–water partition coefficient (Wildman–Crippen LogP) is 10.3. The summed E-state index contributed by atoms with van der Waals surface area (Å²) in [5, 5.41) is 0. The fourth-order valence-electron chi connectivity index (χ4n) is 6.38. The fourth-order valence-corrected chi connectivity index (χ4v) is 6.38. The van der Waals surface area contributed by atoms with Gasteiger partial charge in [0.25, 0.3) is 0 Å². The van der Waals surface area contributed by atoms with Gasteiger partial charge in [0.2, 0.25) is 0 Å². The van der Waals surface area contributed by atoms with Crippen molar-refractivity contribution < 1.29 is 33.3 Å². The molecule has 50 heavy (non-hydrogen) atoms. The van der Waals surface area contributed by atoms with Crippen molar-refractivity contribution in [2.24, 2.45) is 5.92 Å². The Morgan fingerprint density at radius 3 is 1.84 bits per heavy atom. The van der Waals surface area contributed by atoms with E-state index in [-0.39, 0.29) is 12.1 Å². The zero-order valence-corrected chi connectivity index (χ0v) is 30.4. The van der Waals surface area contributed by atoms with Gasteiger partial charge in [0.05, 0.1) is 12.7 Å². The number of ether oxygens (including phenoxy) is 5. The second-order valence-electron chi connectivity index (χ2n) is 13.4. The molecule has 1 fully saturated rings. The molecule has 0 amide bonds. The van der Waals surface area contributed by atoms with Crippen LogP contribution in [0.15, 0.2) is 72.8 Å². The molecule has 0 radical (unpaired) electrons. The molecule has 2 atom stereocenters. The van der Waals surface area contributed by atoms with Crippen LogP contribution in [-0.2, 0) is 32.2 Å². The molecule has 3 aromatic rings. The highest BCUT2D eigenvalue weighted by Crippen LogP contribution is 2.33. The summed E-state index contributed by atoms with van der Waals surface area (Å²) >= 11 is 0. The first-order chi connectivity index (χ1) is 24.5. The molecule has 1 heterocycles. The van der Waals surface area contributed by atoms with Crippen LogP contribution in [0, 0.1) is 12.8 Å². The Hall–Kier alpha value is -3.68. The highest BCUT2D eigenvalue weighted by molar-refractivity contribution is 6.10. The van der Waals surface area contributed by atoms with Crippen LogP contribution in [0.25, 0.3) is 0 Å². The SMILES string of the molecule is COC(=O)C(CCCCCCCCCCCCCOC1CCCCO1)C(=O)c1cc(OCc2ccccc2)c(C)cc1OCc1ccccc1. The maximum absolute atomic E-state index is 14.1. The Bertz CT molecular complexity index is 1390. The maximum atomic E-state index is 14.1. The molecule has 272 valence electrons. The predicted molar refractivity (Wildman–Crippen MR) is 198 cm³/mol. The zero-order valence-electron chi connectivity index (χ0n) is 30.4. The van der Waals surface area contributed by atoms with Crippen LogP contribution in [0.4, 0.5) is 0 Å². The quantitative estimate of drug-likeness (QED) is 0.0401. The number of carbonyl (C=O) groups excluding carboxylic acids is 2. The number of carbonyl (C=O) groups is 2. The molecule has 0 spiro atoms. The van der Waals surface area contributed by atoms with E-state index in [4.69, 9.17) is 23.7 Å². The number of benzene rings is 3. The summed E-state index contributed by atoms with van der Waals surface area (Å²) in [6.45, 7) is 4.26. The molecule has 0 aromatic heterocycles. The van der Waals surface area contributed by atoms with E-state index in [1.54, 1.807) is 6.07 Å². The maximum Gasteiger partial charge on any atom is 0.316 e. The van der Waals surface area contributed by atoms with Crippen LogP contribution >= 0.6 is 0 Å². The number of methoxy groups -OCH3 is 1. The lowest BCUT2D eigenvalue weighted by atomic mass is 9.90. The first-order valence-corrected chi connectivity index (χ1v) is 18.9. The summed E-state index contributed by atoms with van der Waals surface area (Å²) in [7, 11) is 1.35. The highest BCUT2D eigenvalue weighted by Gasteiger charge is 2.31. The first kappa shape index (κ1) is 39.1. The number of aryl methyl sites for hydroxylation is 1. The van der Waals surface area contributed by atoms with Crippen molar-refractivity contribution in [2.75, 3.05) is 20.3 Å². The third-order valence-electron chi connectivity index (χ3n) is 9.40. The van der Waals surface area contributed by atoms with E-state index >= 15 is 0 Å². The van der Waals surface area contributed by atoms with Crippen molar-refractivity contribution in [3.8, 4) is 11.5 Å². The van der Waals surface area contributed by atoms with Gasteiger partial charge in [0.1, 0.15) is 30.6 Å². The molecule has 0 N–H and O–H groups in total. The second-order valence-corrected chi connectivity index (χ2v) is 13.4. The molecule has 0 saturated carbocycles. The molecule has 1 aliphatic rings. The molecule has 4 rings (SSSR count). The molecular weight excluding hydrogens is 628 g/mol. The first-order valence-electron chi connectivity index (χ1n) is 18.9. The van der Waals surface area contributed by atoms with Gasteiger partial charge in [-0.3, -0.25) is 9.59 Å². The van der Waals surface area contributed by atoms with Crippen LogP contribution in [-0.4, -0.2) is 38.4 Å². The second kappa shape index (κ2) is 22.9. The number of ketones is 1. The van der Waals surface area contributed by atoms with Gasteiger partial charge in [0, 0.05) is 13.2 Å². The average molecular weight is 687 g/mol. The molecule has 3 aromatic carbocycles. The van der Waals surface area contributed by atoms with Crippen LogP contribution in [0.5, 0.6) is 11.5 Å². The molecule has 1 aliphatic heterocycles. The number of rotatable bonds is 24. The van der Waals surface area contributed by atoms with Crippen molar-refractivity contribution >= 4 is 11.8 Å². The summed E-state index contributed by atoms with van der Waals surface area (Å²) in [6.07, 6.45) is 16.5. The number of unbranched alkanes of at least 4 members (excludes halogenated alkanes) is 10. The van der Waals surface area contributed by atoms with Gasteiger partial charge >= 0.3 is 5.97 Å². The minimum absolute atomic E-state index is 0.0278. The summed E-state index contributed by atoms with van der Waals surface area (Å²) in [5.74, 6) is -0.667. The lowest BCUT2D eigenvalue weighted by Crippen LogP contribution is -2.26. The topological polar surface area (TPSA) is 80.3 Å². The van der Waals surface area contributed by atoms with E-state index < -0.39 is 11.9 Å². The Kier molecular flexibility index (Phi) is 17.9. The normalized spacial score (nSPS) is 15.0. The Morgan fingerprint density at radius 2 is 1.28 bits per heavy atom. The summed E-state index contributed by atoms with van der Waals surface area (Å²) in [4.78, 5) is 27.1. The van der Waals surface area contributed by atoms with Crippen LogP contribution < -0.4 is 9.47 Å². The van der Waals surface area contributed by atoms with Gasteiger partial charge in [-0.05, 0) is 67.9 Å². The summed E-state index contributed by atoms with van der Waals surface area (Å²) in [5.41, 5.74) is 3.21. The molecular formula is C43H58O7. The Labute approximate surface area is 300 Å². The van der Waals surface area contributed by atoms with Gasteiger partial charge in [-0.15, -0.1) is 0 Å². The lowest BCUT2D eigenvalue weighted by Gasteiger charge is -2.22. The van der Waals surface area contributed by atoms with Gasteiger partial charge in [-0.1, -0.05) is 125 Å². The Morgan fingerprint density at radius 1 is 0.720 bits per heavy atom. The van der Waals surface area contributed by atoms with E-state index in [0.29, 0.717) is 36.7 Å². The van der Waals surface area contributed by atoms with Crippen LogP contribution in [0.2, 0.25) is 0 Å². The van der Waals surface area contributed by atoms with Gasteiger partial charge < -0.3 is 23.7 Å². The molecule has 2 unspecified atom stereocenters. The van der Waals surface area contributed by atoms with Crippen molar-refractivity contribution in [3.05, 3.63) is 95.1 Å². The molecule has 1 saturated heterocycles. The monoisotopic (exact) mass is 686 g/mol. The lowest BCUT2D eigenvalue weighted by molar-refractivity contribution is -0.162. The molecule has 7 heteroatoms. The van der Waals surface area contributed by atoms with Gasteiger partial charge in [-0.2, -0.15) is 0 Å². The number of Topliss-reactive ketones (excluding diaryl/α,β-unsaturated/α-hetero) is 1. The standard InChI is InChI=1S/C43H58O7/c1-34-30-40(50-33-36-24-16-13-17-25-36)38(31-39(34)49-32-35-22-14-12-15-23-35)42(44)37(43(45)46-2)26-18-10-8-6-4-3-5-7-9-11-20-28-47-41-27-19-21-29-48-41/h12-17,22-25,30-31,37,41H,3-11,18-21,26-29,32-33H2,1-2H3. The van der Waals surface area contributed by atoms with E-state index in [1.807, 2.05) is 73.7 Å². The van der Waals surface area contributed by atoms with Gasteiger partial charge in [0.15, 0.2) is 12.1 Å². The van der Waals surface area contributed by atoms with E-state index in [0.717, 1.165) is 68.4 Å². The van der Waals surface area contributed by atoms with E-state index in [1.165, 1.54) is 58.5 Å². The minimum atomic E-state index is -0.899. The fraction of sp³-hybridized carbons (Fsp3) is 0.535. The number of esters is 1. The summed E-state index contributed by atoms with van der Waals surface area (Å²) < 4.78 is 29.0. The zero-order chi connectivity index (χ0) is 35.2. The van der Waals surface area contributed by atoms with Gasteiger partial charge in [-0.25, -0.2) is 0 Å². The average Bonchev–Trinajstić information content (AvgIpc) is 3.16. The van der Waals surface area contributed by atoms with Crippen LogP contribution in [0.1, 0.15) is 123 Å². The Balaban J connectivity index is 1.22. The summed E-state index contributed by atoms with van der Waals surface area (Å²) in [6, 6.07) is 23.3. The van der Waals surface area contributed by atoms with Crippen molar-refractivity contribution in [1.29, 1.82) is 0 Å². The molecule has 7 nitrogen and oxygen atoms in total. The third kappa shape index (κ3) is 13.9. The van der Waals surface area contributed by atoms with Crippen molar-refractivity contribution in [3.63, 3.8) is 0 Å². The smallest absolute Gasteiger partial charge is 0.316 e. The largest absolute Gasteiger partial charge is 0.489 e. The number of hydrogen-bond acceptors (Lipinski definition) is 7. The van der Waals surface area contributed by atoms with Crippen molar-refractivity contribution in [2.45, 2.75) is 123 Å². The minimum Gasteiger partial charge on any atom is -0.489 e. The van der Waals surface area contributed by atoms with E-state index in [9.17, 15) is 9.59 Å². The van der Waals surface area contributed by atoms with Crippen molar-refractivity contribution in [1.82, 2.24) is 0 Å². The highest BCUT2D eigenvalue weighted by atomic mass is 16.7. The molecule has 0 bridgehead atoms. The number of hydrogen-bond donors (Lipinski definition) is 0. The third-order valence-corrected chi connectivity index (χ3v) is 9.40. The molecule has 0 aliphatic carbocycles. The van der Waals surface area contributed by atoms with Crippen LogP contribution in [0.3, 0.4) is 0 Å². The van der Waals surface area contributed by atoms with E-state index in [2.05, 4.69) is 0 Å².